The number of aromatic nitrogens is 2. The summed E-state index contributed by atoms with van der Waals surface area (Å²) in [5, 5.41) is 0.878. The molecule has 2 heterocycles. The van der Waals surface area contributed by atoms with Crippen LogP contribution in [-0.2, 0) is 4.79 Å². The van der Waals surface area contributed by atoms with Crippen LogP contribution < -0.4 is 9.47 Å². The molecule has 0 saturated carbocycles. The zero-order valence-corrected chi connectivity index (χ0v) is 13.4. The Morgan fingerprint density at radius 3 is 2.96 bits per heavy atom. The Morgan fingerprint density at radius 2 is 2.08 bits per heavy atom. The van der Waals surface area contributed by atoms with E-state index < -0.39 is 0 Å². The summed E-state index contributed by atoms with van der Waals surface area (Å²) >= 11 is 0. The number of rotatable bonds is 2. The molecule has 0 fully saturated rings. The van der Waals surface area contributed by atoms with E-state index >= 15 is 0 Å². The number of benzene rings is 2. The highest BCUT2D eigenvalue weighted by atomic mass is 16.5. The van der Waals surface area contributed by atoms with Gasteiger partial charge in [-0.05, 0) is 36.1 Å². The fourth-order valence-corrected chi connectivity index (χ4v) is 3.03. The molecule has 0 N–H and O–H groups in total. The Hall–Kier alpha value is -2.95. The van der Waals surface area contributed by atoms with Crippen molar-refractivity contribution in [2.75, 3.05) is 0 Å². The molecule has 5 heteroatoms. The third-order valence-corrected chi connectivity index (χ3v) is 4.26. The zero-order chi connectivity index (χ0) is 16.7. The molecule has 0 bridgehead atoms. The van der Waals surface area contributed by atoms with Crippen molar-refractivity contribution in [3.63, 3.8) is 0 Å². The van der Waals surface area contributed by atoms with Crippen molar-refractivity contribution in [3.05, 3.63) is 53.9 Å². The van der Waals surface area contributed by atoms with Crippen molar-refractivity contribution in [2.24, 2.45) is 0 Å². The molecule has 4 rings (SSSR count). The van der Waals surface area contributed by atoms with Gasteiger partial charge in [0.1, 0.15) is 17.8 Å². The summed E-state index contributed by atoms with van der Waals surface area (Å²) in [5.74, 6) is 1.58. The highest BCUT2D eigenvalue weighted by molar-refractivity contribution is 5.86. The Morgan fingerprint density at radius 1 is 1.21 bits per heavy atom. The number of hydrogen-bond acceptors (Lipinski definition) is 5. The SMILES string of the molecule is Cc1cccc2ncnc(Oc3ccc4c(c3)OC(=O)CC4C)c12. The van der Waals surface area contributed by atoms with Gasteiger partial charge in [-0.2, -0.15) is 0 Å². The van der Waals surface area contributed by atoms with E-state index in [1.165, 1.54) is 6.33 Å². The van der Waals surface area contributed by atoms with Crippen LogP contribution in [0.2, 0.25) is 0 Å². The summed E-state index contributed by atoms with van der Waals surface area (Å²) in [4.78, 5) is 20.2. The van der Waals surface area contributed by atoms with Crippen LogP contribution in [0.1, 0.15) is 30.4 Å². The lowest BCUT2D eigenvalue weighted by Crippen LogP contribution is -2.18. The quantitative estimate of drug-likeness (QED) is 0.524. The van der Waals surface area contributed by atoms with E-state index in [9.17, 15) is 4.79 Å². The van der Waals surface area contributed by atoms with Crippen LogP contribution in [0.25, 0.3) is 10.9 Å². The van der Waals surface area contributed by atoms with Crippen LogP contribution in [-0.4, -0.2) is 15.9 Å². The Balaban J connectivity index is 1.75. The number of esters is 1. The fraction of sp³-hybridized carbons (Fsp3) is 0.211. The van der Waals surface area contributed by atoms with E-state index in [4.69, 9.17) is 9.47 Å². The predicted octanol–water partition coefficient (Wildman–Crippen LogP) is 4.14. The number of carbonyl (C=O) groups excluding carboxylic acids is 1. The average molecular weight is 320 g/mol. The summed E-state index contributed by atoms with van der Waals surface area (Å²) in [6.07, 6.45) is 1.89. The molecule has 0 saturated heterocycles. The molecular weight excluding hydrogens is 304 g/mol. The molecule has 24 heavy (non-hydrogen) atoms. The largest absolute Gasteiger partial charge is 0.438 e. The van der Waals surface area contributed by atoms with E-state index in [0.717, 1.165) is 22.0 Å². The van der Waals surface area contributed by atoms with E-state index in [-0.39, 0.29) is 11.9 Å². The van der Waals surface area contributed by atoms with Crippen molar-refractivity contribution in [3.8, 4) is 17.4 Å². The molecule has 0 aliphatic carbocycles. The predicted molar refractivity (Wildman–Crippen MR) is 89.5 cm³/mol. The van der Waals surface area contributed by atoms with Crippen LogP contribution in [0.15, 0.2) is 42.7 Å². The minimum absolute atomic E-state index is 0.150. The first kappa shape index (κ1) is 14.6. The second-order valence-electron chi connectivity index (χ2n) is 6.03. The van der Waals surface area contributed by atoms with E-state index in [1.54, 1.807) is 6.07 Å². The van der Waals surface area contributed by atoms with Gasteiger partial charge in [0.25, 0.3) is 0 Å². The lowest BCUT2D eigenvalue weighted by Gasteiger charge is -2.21. The Labute approximate surface area is 139 Å². The minimum atomic E-state index is -0.213. The number of nitrogens with zero attached hydrogens (tertiary/aromatic N) is 2. The monoisotopic (exact) mass is 320 g/mol. The van der Waals surface area contributed by atoms with Gasteiger partial charge < -0.3 is 9.47 Å². The number of aryl methyl sites for hydroxylation is 1. The zero-order valence-electron chi connectivity index (χ0n) is 13.4. The Kier molecular flexibility index (Phi) is 3.41. The second kappa shape index (κ2) is 5.60. The van der Waals surface area contributed by atoms with Gasteiger partial charge in [0.15, 0.2) is 0 Å². The van der Waals surface area contributed by atoms with Gasteiger partial charge >= 0.3 is 5.97 Å². The molecule has 2 aromatic carbocycles. The number of hydrogen-bond donors (Lipinski definition) is 0. The molecule has 0 spiro atoms. The summed E-state index contributed by atoms with van der Waals surface area (Å²) in [5.41, 5.74) is 2.89. The third kappa shape index (κ3) is 2.48. The highest BCUT2D eigenvalue weighted by Gasteiger charge is 2.24. The number of carbonyl (C=O) groups is 1. The van der Waals surface area contributed by atoms with E-state index in [2.05, 4.69) is 9.97 Å². The van der Waals surface area contributed by atoms with Gasteiger partial charge in [0.2, 0.25) is 5.88 Å². The third-order valence-electron chi connectivity index (χ3n) is 4.26. The summed E-state index contributed by atoms with van der Waals surface area (Å²) < 4.78 is 11.3. The molecule has 1 atom stereocenters. The van der Waals surface area contributed by atoms with Crippen molar-refractivity contribution < 1.29 is 14.3 Å². The van der Waals surface area contributed by atoms with Crippen LogP contribution in [0.5, 0.6) is 17.4 Å². The average Bonchev–Trinajstić information content (AvgIpc) is 2.54. The van der Waals surface area contributed by atoms with Gasteiger partial charge in [0, 0.05) is 6.07 Å². The van der Waals surface area contributed by atoms with E-state index in [0.29, 0.717) is 23.8 Å². The molecule has 3 aromatic rings. The van der Waals surface area contributed by atoms with Crippen LogP contribution in [0.4, 0.5) is 0 Å². The van der Waals surface area contributed by atoms with Crippen molar-refractivity contribution in [1.82, 2.24) is 9.97 Å². The van der Waals surface area contributed by atoms with Gasteiger partial charge in [-0.1, -0.05) is 25.1 Å². The maximum absolute atomic E-state index is 11.6. The second-order valence-corrected chi connectivity index (χ2v) is 6.03. The maximum Gasteiger partial charge on any atom is 0.311 e. The summed E-state index contributed by atoms with van der Waals surface area (Å²) in [7, 11) is 0. The van der Waals surface area contributed by atoms with Crippen LogP contribution in [0.3, 0.4) is 0 Å². The topological polar surface area (TPSA) is 61.3 Å². The minimum Gasteiger partial charge on any atom is -0.438 e. The first-order valence-electron chi connectivity index (χ1n) is 7.84. The molecular formula is C19H16N2O3. The first-order valence-corrected chi connectivity index (χ1v) is 7.84. The molecule has 120 valence electrons. The number of fused-ring (bicyclic) bond motifs is 2. The van der Waals surface area contributed by atoms with Crippen LogP contribution in [0, 0.1) is 6.92 Å². The van der Waals surface area contributed by atoms with Gasteiger partial charge in [-0.3, -0.25) is 4.79 Å². The van der Waals surface area contributed by atoms with Crippen LogP contribution >= 0.6 is 0 Å². The standard InChI is InChI=1S/C19H16N2O3/c1-11-4-3-5-15-18(11)19(21-10-20-15)23-13-6-7-14-12(2)8-17(22)24-16(14)9-13/h3-7,9-10,12H,8H2,1-2H3. The normalized spacial score (nSPS) is 16.6. The molecule has 1 aliphatic rings. The van der Waals surface area contributed by atoms with E-state index in [1.807, 2.05) is 44.2 Å². The highest BCUT2D eigenvalue weighted by Crippen LogP contribution is 2.38. The van der Waals surface area contributed by atoms with Gasteiger partial charge in [0.05, 0.1) is 17.3 Å². The molecule has 5 nitrogen and oxygen atoms in total. The lowest BCUT2D eigenvalue weighted by molar-refractivity contribution is -0.135. The van der Waals surface area contributed by atoms with Gasteiger partial charge in [-0.25, -0.2) is 9.97 Å². The van der Waals surface area contributed by atoms with Crippen molar-refractivity contribution >= 4 is 16.9 Å². The molecule has 0 radical (unpaired) electrons. The molecule has 1 unspecified atom stereocenters. The summed E-state index contributed by atoms with van der Waals surface area (Å²) in [6.45, 7) is 4.01. The van der Waals surface area contributed by atoms with Crippen molar-refractivity contribution in [1.29, 1.82) is 0 Å². The summed E-state index contributed by atoms with van der Waals surface area (Å²) in [6, 6.07) is 11.4. The fourth-order valence-electron chi connectivity index (χ4n) is 3.03. The molecule has 1 aliphatic heterocycles. The van der Waals surface area contributed by atoms with Gasteiger partial charge in [-0.15, -0.1) is 0 Å². The molecule has 0 amide bonds. The lowest BCUT2D eigenvalue weighted by atomic mass is 9.95. The Bertz CT molecular complexity index is 947. The first-order chi connectivity index (χ1) is 11.6. The molecule has 1 aromatic heterocycles. The maximum atomic E-state index is 11.6. The number of ether oxygens (including phenoxy) is 2. The van der Waals surface area contributed by atoms with Crippen molar-refractivity contribution in [2.45, 2.75) is 26.2 Å². The smallest absolute Gasteiger partial charge is 0.311 e.